The lowest BCUT2D eigenvalue weighted by Crippen LogP contribution is -2.39. The molecular weight excluding hydrogens is 316 g/mol. The zero-order valence-electron chi connectivity index (χ0n) is 13.0. The van der Waals surface area contributed by atoms with Crippen molar-refractivity contribution in [2.24, 2.45) is 0 Å². The molecule has 2 amide bonds. The molecular formula is C16H19ClN4O2. The van der Waals surface area contributed by atoms with Crippen LogP contribution < -0.4 is 5.32 Å². The van der Waals surface area contributed by atoms with Crippen molar-refractivity contribution < 1.29 is 9.32 Å². The predicted octanol–water partition coefficient (Wildman–Crippen LogP) is 3.65. The van der Waals surface area contributed by atoms with E-state index in [2.05, 4.69) is 15.5 Å². The molecule has 7 heteroatoms. The van der Waals surface area contributed by atoms with E-state index in [-0.39, 0.29) is 12.1 Å². The normalized spacial score (nSPS) is 17.5. The number of nitrogens with one attached hydrogen (secondary N) is 1. The van der Waals surface area contributed by atoms with Crippen molar-refractivity contribution in [3.05, 3.63) is 35.2 Å². The molecule has 0 radical (unpaired) electrons. The molecule has 1 aromatic heterocycles. The third kappa shape index (κ3) is 3.47. The van der Waals surface area contributed by atoms with Crippen molar-refractivity contribution in [1.82, 2.24) is 20.4 Å². The van der Waals surface area contributed by atoms with Gasteiger partial charge in [-0.05, 0) is 31.4 Å². The summed E-state index contributed by atoms with van der Waals surface area (Å²) in [6.07, 6.45) is 2.67. The Balaban J connectivity index is 1.78. The molecule has 3 rings (SSSR count). The molecule has 1 aromatic carbocycles. The van der Waals surface area contributed by atoms with Crippen molar-refractivity contribution in [3.63, 3.8) is 0 Å². The Morgan fingerprint density at radius 1 is 1.52 bits per heavy atom. The third-order valence-corrected chi connectivity index (χ3v) is 4.08. The highest BCUT2D eigenvalue weighted by atomic mass is 35.5. The minimum absolute atomic E-state index is 0.0724. The van der Waals surface area contributed by atoms with E-state index in [1.807, 2.05) is 19.1 Å². The lowest BCUT2D eigenvalue weighted by molar-refractivity contribution is 0.180. The Morgan fingerprint density at radius 3 is 3.17 bits per heavy atom. The molecule has 0 spiro atoms. The molecule has 1 saturated heterocycles. The van der Waals surface area contributed by atoms with E-state index in [0.29, 0.717) is 29.8 Å². The highest BCUT2D eigenvalue weighted by molar-refractivity contribution is 6.30. The van der Waals surface area contributed by atoms with Gasteiger partial charge in [0, 0.05) is 23.7 Å². The fraction of sp³-hybridized carbons (Fsp3) is 0.438. The lowest BCUT2D eigenvalue weighted by atomic mass is 10.2. The molecule has 1 fully saturated rings. The van der Waals surface area contributed by atoms with E-state index in [1.165, 1.54) is 0 Å². The lowest BCUT2D eigenvalue weighted by Gasteiger charge is -2.22. The zero-order valence-corrected chi connectivity index (χ0v) is 13.7. The first-order valence-corrected chi connectivity index (χ1v) is 8.21. The van der Waals surface area contributed by atoms with E-state index in [4.69, 9.17) is 16.1 Å². The number of rotatable bonds is 4. The molecule has 0 saturated carbocycles. The van der Waals surface area contributed by atoms with E-state index in [0.717, 1.165) is 24.8 Å². The fourth-order valence-corrected chi connectivity index (χ4v) is 2.91. The summed E-state index contributed by atoms with van der Waals surface area (Å²) in [6, 6.07) is 7.07. The number of aromatic nitrogens is 2. The minimum atomic E-state index is -0.160. The summed E-state index contributed by atoms with van der Waals surface area (Å²) >= 11 is 5.99. The molecule has 122 valence electrons. The Kier molecular flexibility index (Phi) is 4.81. The van der Waals surface area contributed by atoms with Gasteiger partial charge in [0.25, 0.3) is 0 Å². The van der Waals surface area contributed by atoms with Crippen molar-refractivity contribution in [1.29, 1.82) is 0 Å². The molecule has 1 N–H and O–H groups in total. The zero-order chi connectivity index (χ0) is 16.2. The third-order valence-electron chi connectivity index (χ3n) is 3.85. The van der Waals surface area contributed by atoms with E-state index in [1.54, 1.807) is 17.0 Å². The van der Waals surface area contributed by atoms with Crippen LogP contribution in [0, 0.1) is 0 Å². The molecule has 0 unspecified atom stereocenters. The largest absolute Gasteiger partial charge is 0.338 e. The Bertz CT molecular complexity index is 688. The Morgan fingerprint density at radius 2 is 2.39 bits per heavy atom. The van der Waals surface area contributed by atoms with Crippen molar-refractivity contribution in [3.8, 4) is 11.4 Å². The average molecular weight is 335 g/mol. The van der Waals surface area contributed by atoms with Crippen LogP contribution in [0.15, 0.2) is 28.8 Å². The van der Waals surface area contributed by atoms with Gasteiger partial charge < -0.3 is 14.7 Å². The van der Waals surface area contributed by atoms with Gasteiger partial charge in [0.1, 0.15) is 6.04 Å². The summed E-state index contributed by atoms with van der Waals surface area (Å²) in [7, 11) is 0. The highest BCUT2D eigenvalue weighted by Gasteiger charge is 2.34. The Labute approximate surface area is 139 Å². The van der Waals surface area contributed by atoms with Crippen LogP contribution in [0.25, 0.3) is 11.4 Å². The van der Waals surface area contributed by atoms with E-state index < -0.39 is 0 Å². The first-order valence-electron chi connectivity index (χ1n) is 7.83. The smallest absolute Gasteiger partial charge is 0.318 e. The number of urea groups is 1. The SMILES string of the molecule is CCCNC(=O)N1CCC[C@H]1c1nc(-c2cccc(Cl)c2)no1. The second kappa shape index (κ2) is 7.00. The van der Waals surface area contributed by atoms with Crippen LogP contribution in [0.4, 0.5) is 4.79 Å². The standard InChI is InChI=1S/C16H19ClN4O2/c1-2-8-18-16(22)21-9-4-7-13(21)15-19-14(20-23-15)11-5-3-6-12(17)10-11/h3,5-6,10,13H,2,4,7-9H2,1H3,(H,18,22)/t13-/m0/s1. The van der Waals surface area contributed by atoms with E-state index >= 15 is 0 Å². The summed E-state index contributed by atoms with van der Waals surface area (Å²) in [6.45, 7) is 3.39. The van der Waals surface area contributed by atoms with Gasteiger partial charge in [-0.2, -0.15) is 4.98 Å². The van der Waals surface area contributed by atoms with Crippen LogP contribution in [0.5, 0.6) is 0 Å². The number of nitrogens with zero attached hydrogens (tertiary/aromatic N) is 3. The fourth-order valence-electron chi connectivity index (χ4n) is 2.72. The summed E-state index contributed by atoms with van der Waals surface area (Å²) < 4.78 is 5.40. The number of amides is 2. The molecule has 1 aliphatic heterocycles. The van der Waals surface area contributed by atoms with Gasteiger partial charge in [0.15, 0.2) is 0 Å². The summed E-state index contributed by atoms with van der Waals surface area (Å²) in [4.78, 5) is 18.4. The van der Waals surface area contributed by atoms with Crippen molar-refractivity contribution >= 4 is 17.6 Å². The van der Waals surface area contributed by atoms with Gasteiger partial charge in [-0.15, -0.1) is 0 Å². The average Bonchev–Trinajstić information content (AvgIpc) is 3.21. The second-order valence-electron chi connectivity index (χ2n) is 5.55. The van der Waals surface area contributed by atoms with Gasteiger partial charge in [-0.1, -0.05) is 35.8 Å². The summed E-state index contributed by atoms with van der Waals surface area (Å²) in [5.74, 6) is 0.965. The first-order chi connectivity index (χ1) is 11.2. The van der Waals surface area contributed by atoms with Gasteiger partial charge in [-0.3, -0.25) is 0 Å². The van der Waals surface area contributed by atoms with Gasteiger partial charge in [-0.25, -0.2) is 4.79 Å². The summed E-state index contributed by atoms with van der Waals surface area (Å²) in [5, 5.41) is 7.55. The highest BCUT2D eigenvalue weighted by Crippen LogP contribution is 2.32. The molecule has 23 heavy (non-hydrogen) atoms. The molecule has 1 atom stereocenters. The maximum Gasteiger partial charge on any atom is 0.318 e. The summed E-state index contributed by atoms with van der Waals surface area (Å²) in [5.41, 5.74) is 0.799. The van der Waals surface area contributed by atoms with Gasteiger partial charge in [0.2, 0.25) is 11.7 Å². The number of halogens is 1. The molecule has 2 aromatic rings. The van der Waals surface area contributed by atoms with Crippen LogP contribution >= 0.6 is 11.6 Å². The second-order valence-corrected chi connectivity index (χ2v) is 5.99. The van der Waals surface area contributed by atoms with Gasteiger partial charge in [0.05, 0.1) is 0 Å². The van der Waals surface area contributed by atoms with Crippen LogP contribution in [-0.2, 0) is 0 Å². The van der Waals surface area contributed by atoms with Crippen LogP contribution in [0.1, 0.15) is 38.1 Å². The maximum absolute atomic E-state index is 12.2. The molecule has 1 aliphatic rings. The number of carbonyl (C=O) groups excluding carboxylic acids is 1. The van der Waals surface area contributed by atoms with Crippen LogP contribution in [0.3, 0.4) is 0 Å². The molecule has 0 aliphatic carbocycles. The van der Waals surface area contributed by atoms with E-state index in [9.17, 15) is 4.79 Å². The van der Waals surface area contributed by atoms with Crippen LogP contribution in [-0.4, -0.2) is 34.2 Å². The molecule has 2 heterocycles. The quantitative estimate of drug-likeness (QED) is 0.926. The maximum atomic E-state index is 12.2. The first kappa shape index (κ1) is 15.8. The minimum Gasteiger partial charge on any atom is -0.338 e. The molecule has 0 bridgehead atoms. The predicted molar refractivity (Wildman–Crippen MR) is 87.1 cm³/mol. The number of likely N-dealkylation sites (tertiary alicyclic amines) is 1. The van der Waals surface area contributed by atoms with Crippen LogP contribution in [0.2, 0.25) is 5.02 Å². The van der Waals surface area contributed by atoms with Crippen molar-refractivity contribution in [2.45, 2.75) is 32.2 Å². The van der Waals surface area contributed by atoms with Gasteiger partial charge >= 0.3 is 6.03 Å². The topological polar surface area (TPSA) is 71.3 Å². The number of hydrogen-bond donors (Lipinski definition) is 1. The molecule has 6 nitrogen and oxygen atoms in total. The van der Waals surface area contributed by atoms with Crippen molar-refractivity contribution in [2.75, 3.05) is 13.1 Å². The number of carbonyl (C=O) groups is 1. The number of hydrogen-bond acceptors (Lipinski definition) is 4. The number of benzene rings is 1. The Hall–Kier alpha value is -2.08. The monoisotopic (exact) mass is 334 g/mol.